The van der Waals surface area contributed by atoms with Crippen LogP contribution in [-0.2, 0) is 24.4 Å². The number of benzene rings is 2. The monoisotopic (exact) mass is 391 g/mol. The van der Waals surface area contributed by atoms with Crippen LogP contribution in [0.15, 0.2) is 40.9 Å². The molecular formula is C18H18BrNO4. The Morgan fingerprint density at radius 3 is 2.75 bits per heavy atom. The zero-order chi connectivity index (χ0) is 17.1. The summed E-state index contributed by atoms with van der Waals surface area (Å²) in [6, 6.07) is 11.1. The Balaban J connectivity index is 1.96. The third-order valence-corrected chi connectivity index (χ3v) is 4.79. The number of fused-ring (bicyclic) bond motifs is 1. The van der Waals surface area contributed by atoms with Crippen molar-refractivity contribution >= 4 is 21.9 Å². The summed E-state index contributed by atoms with van der Waals surface area (Å²) in [5.74, 6) is 0.350. The summed E-state index contributed by atoms with van der Waals surface area (Å²) in [4.78, 5) is 11.3. The van der Waals surface area contributed by atoms with Gasteiger partial charge in [0.1, 0.15) is 12.6 Å². The number of methoxy groups -OCH3 is 1. The van der Waals surface area contributed by atoms with Gasteiger partial charge in [0.15, 0.2) is 11.5 Å². The maximum absolute atomic E-state index is 11.3. The van der Waals surface area contributed by atoms with Crippen LogP contribution < -0.4 is 14.8 Å². The van der Waals surface area contributed by atoms with Crippen molar-refractivity contribution in [2.75, 3.05) is 7.11 Å². The smallest absolute Gasteiger partial charge is 0.321 e. The van der Waals surface area contributed by atoms with Gasteiger partial charge < -0.3 is 14.6 Å². The summed E-state index contributed by atoms with van der Waals surface area (Å²) < 4.78 is 12.4. The van der Waals surface area contributed by atoms with Crippen molar-refractivity contribution in [1.82, 2.24) is 5.32 Å². The van der Waals surface area contributed by atoms with Gasteiger partial charge in [0.2, 0.25) is 0 Å². The van der Waals surface area contributed by atoms with Gasteiger partial charge in [0.25, 0.3) is 0 Å². The first-order chi connectivity index (χ1) is 11.6. The summed E-state index contributed by atoms with van der Waals surface area (Å²) in [6.07, 6.45) is 0.352. The number of carbonyl (C=O) groups is 1. The van der Waals surface area contributed by atoms with Crippen LogP contribution in [0.4, 0.5) is 0 Å². The van der Waals surface area contributed by atoms with Crippen LogP contribution in [-0.4, -0.2) is 24.2 Å². The molecule has 6 heteroatoms. The molecule has 0 saturated carbocycles. The highest BCUT2D eigenvalue weighted by Gasteiger charge is 2.29. The molecule has 0 amide bonds. The average Bonchev–Trinajstić information content (AvgIpc) is 2.61. The van der Waals surface area contributed by atoms with Crippen LogP contribution in [0.1, 0.15) is 16.7 Å². The van der Waals surface area contributed by atoms with E-state index in [1.165, 1.54) is 0 Å². The van der Waals surface area contributed by atoms with Crippen LogP contribution in [0.5, 0.6) is 11.5 Å². The van der Waals surface area contributed by atoms with E-state index in [4.69, 9.17) is 9.47 Å². The van der Waals surface area contributed by atoms with Crippen LogP contribution in [0.3, 0.4) is 0 Å². The van der Waals surface area contributed by atoms with Crippen molar-refractivity contribution in [2.24, 2.45) is 0 Å². The molecule has 0 fully saturated rings. The van der Waals surface area contributed by atoms with Crippen LogP contribution >= 0.6 is 15.9 Å². The van der Waals surface area contributed by atoms with Crippen LogP contribution in [0.2, 0.25) is 0 Å². The number of hydrogen-bond acceptors (Lipinski definition) is 4. The van der Waals surface area contributed by atoms with E-state index in [2.05, 4.69) is 21.2 Å². The highest BCUT2D eigenvalue weighted by atomic mass is 79.9. The Kier molecular flexibility index (Phi) is 5.06. The van der Waals surface area contributed by atoms with E-state index < -0.39 is 12.0 Å². The van der Waals surface area contributed by atoms with Crippen molar-refractivity contribution in [3.05, 3.63) is 57.6 Å². The molecule has 2 aromatic carbocycles. The van der Waals surface area contributed by atoms with Crippen molar-refractivity contribution in [2.45, 2.75) is 25.6 Å². The van der Waals surface area contributed by atoms with Crippen LogP contribution in [0, 0.1) is 0 Å². The summed E-state index contributed by atoms with van der Waals surface area (Å²) in [6.45, 7) is 0.870. The Morgan fingerprint density at radius 1 is 1.33 bits per heavy atom. The summed E-state index contributed by atoms with van der Waals surface area (Å²) in [7, 11) is 1.58. The SMILES string of the molecule is COc1cc(Br)c2c(c1OCc1ccccc1)CC(C(=O)O)NC2. The molecule has 5 nitrogen and oxygen atoms in total. The third kappa shape index (κ3) is 3.39. The molecule has 1 aliphatic heterocycles. The Labute approximate surface area is 148 Å². The summed E-state index contributed by atoms with van der Waals surface area (Å²) in [5.41, 5.74) is 2.93. The molecule has 1 aliphatic rings. The second-order valence-electron chi connectivity index (χ2n) is 5.60. The minimum Gasteiger partial charge on any atom is -0.493 e. The molecule has 126 valence electrons. The highest BCUT2D eigenvalue weighted by molar-refractivity contribution is 9.10. The molecule has 1 atom stereocenters. The molecule has 3 rings (SSSR count). The fourth-order valence-electron chi connectivity index (χ4n) is 2.82. The molecule has 2 N–H and O–H groups in total. The first kappa shape index (κ1) is 16.8. The van der Waals surface area contributed by atoms with E-state index in [9.17, 15) is 9.90 Å². The highest BCUT2D eigenvalue weighted by Crippen LogP contribution is 2.41. The lowest BCUT2D eigenvalue weighted by Crippen LogP contribution is -2.42. The van der Waals surface area contributed by atoms with E-state index in [-0.39, 0.29) is 0 Å². The van der Waals surface area contributed by atoms with Gasteiger partial charge in [-0.05, 0) is 17.2 Å². The molecule has 2 aromatic rings. The van der Waals surface area contributed by atoms with Gasteiger partial charge in [0, 0.05) is 23.0 Å². The van der Waals surface area contributed by atoms with Gasteiger partial charge in [-0.15, -0.1) is 0 Å². The van der Waals surface area contributed by atoms with E-state index in [0.717, 1.165) is 21.2 Å². The van der Waals surface area contributed by atoms with E-state index in [1.807, 2.05) is 36.4 Å². The summed E-state index contributed by atoms with van der Waals surface area (Å²) in [5, 5.41) is 12.3. The molecule has 1 unspecified atom stereocenters. The van der Waals surface area contributed by atoms with Crippen molar-refractivity contribution in [1.29, 1.82) is 0 Å². The predicted molar refractivity (Wildman–Crippen MR) is 93.4 cm³/mol. The number of halogens is 1. The lowest BCUT2D eigenvalue weighted by Gasteiger charge is -2.27. The maximum atomic E-state index is 11.3. The molecule has 0 saturated heterocycles. The minimum atomic E-state index is -0.867. The number of ether oxygens (including phenoxy) is 2. The average molecular weight is 392 g/mol. The maximum Gasteiger partial charge on any atom is 0.321 e. The number of nitrogens with one attached hydrogen (secondary N) is 1. The fraction of sp³-hybridized carbons (Fsp3) is 0.278. The van der Waals surface area contributed by atoms with Crippen molar-refractivity contribution in [3.63, 3.8) is 0 Å². The van der Waals surface area contributed by atoms with E-state index in [0.29, 0.717) is 31.1 Å². The molecule has 0 aromatic heterocycles. The fourth-order valence-corrected chi connectivity index (χ4v) is 3.41. The van der Waals surface area contributed by atoms with E-state index >= 15 is 0 Å². The Bertz CT molecular complexity index is 748. The second kappa shape index (κ2) is 7.23. The Morgan fingerprint density at radius 2 is 2.08 bits per heavy atom. The number of rotatable bonds is 5. The quantitative estimate of drug-likeness (QED) is 0.819. The largest absolute Gasteiger partial charge is 0.493 e. The standard InChI is InChI=1S/C18H18BrNO4/c1-23-16-8-14(19)13-9-20-15(18(21)22)7-12(13)17(16)24-10-11-5-3-2-4-6-11/h2-6,8,15,20H,7,9-10H2,1H3,(H,21,22). The van der Waals surface area contributed by atoms with Gasteiger partial charge in [-0.25, -0.2) is 0 Å². The van der Waals surface area contributed by atoms with Crippen molar-refractivity contribution < 1.29 is 19.4 Å². The molecule has 0 radical (unpaired) electrons. The topological polar surface area (TPSA) is 67.8 Å². The predicted octanol–water partition coefficient (Wildman–Crippen LogP) is 3.14. The first-order valence-electron chi connectivity index (χ1n) is 7.61. The van der Waals surface area contributed by atoms with Gasteiger partial charge in [-0.2, -0.15) is 0 Å². The Hall–Kier alpha value is -2.05. The van der Waals surface area contributed by atoms with Gasteiger partial charge in [-0.3, -0.25) is 10.1 Å². The molecule has 0 aliphatic carbocycles. The van der Waals surface area contributed by atoms with E-state index in [1.54, 1.807) is 7.11 Å². The lowest BCUT2D eigenvalue weighted by molar-refractivity contribution is -0.139. The molecule has 0 bridgehead atoms. The molecule has 0 spiro atoms. The second-order valence-corrected chi connectivity index (χ2v) is 6.45. The zero-order valence-electron chi connectivity index (χ0n) is 13.2. The first-order valence-corrected chi connectivity index (χ1v) is 8.40. The molecular weight excluding hydrogens is 374 g/mol. The van der Waals surface area contributed by atoms with Gasteiger partial charge in [-0.1, -0.05) is 46.3 Å². The normalized spacial score (nSPS) is 16.3. The van der Waals surface area contributed by atoms with Crippen molar-refractivity contribution in [3.8, 4) is 11.5 Å². The number of hydrogen-bond donors (Lipinski definition) is 2. The minimum absolute atomic E-state index is 0.352. The van der Waals surface area contributed by atoms with Gasteiger partial charge >= 0.3 is 5.97 Å². The zero-order valence-corrected chi connectivity index (χ0v) is 14.8. The molecule has 24 heavy (non-hydrogen) atoms. The molecule has 1 heterocycles. The third-order valence-electron chi connectivity index (χ3n) is 4.09. The number of aliphatic carboxylic acids is 1. The van der Waals surface area contributed by atoms with Crippen LogP contribution in [0.25, 0.3) is 0 Å². The summed E-state index contributed by atoms with van der Waals surface area (Å²) >= 11 is 3.54. The van der Waals surface area contributed by atoms with Gasteiger partial charge in [0.05, 0.1) is 7.11 Å². The lowest BCUT2D eigenvalue weighted by atomic mass is 9.94. The number of carboxylic acid groups (broad SMARTS) is 1. The number of carboxylic acids is 1.